The third-order valence-corrected chi connectivity index (χ3v) is 4.96. The maximum atomic E-state index is 12.0. The molecule has 3 aromatic rings. The molecule has 2 aliphatic rings. The lowest BCUT2D eigenvalue weighted by Gasteiger charge is -2.29. The van der Waals surface area contributed by atoms with Crippen LogP contribution in [-0.4, -0.2) is 58.1 Å². The molecule has 0 atom stereocenters. The molecule has 9 heteroatoms. The lowest BCUT2D eigenvalue weighted by Crippen LogP contribution is -2.43. The molecule has 3 aromatic heterocycles. The second-order valence-corrected chi connectivity index (χ2v) is 6.67. The molecule has 2 aliphatic heterocycles. The fourth-order valence-electron chi connectivity index (χ4n) is 3.57. The van der Waals surface area contributed by atoms with E-state index in [1.54, 1.807) is 6.20 Å². The van der Waals surface area contributed by atoms with Gasteiger partial charge in [0.25, 0.3) is 5.91 Å². The zero-order valence-electron chi connectivity index (χ0n) is 14.8. The van der Waals surface area contributed by atoms with E-state index >= 15 is 0 Å². The minimum absolute atomic E-state index is 0.0704. The summed E-state index contributed by atoms with van der Waals surface area (Å²) in [7, 11) is 0. The molecular weight excluding hydrogens is 344 g/mol. The van der Waals surface area contributed by atoms with Crippen LogP contribution in [-0.2, 0) is 6.54 Å². The summed E-state index contributed by atoms with van der Waals surface area (Å²) >= 11 is 0. The van der Waals surface area contributed by atoms with Gasteiger partial charge in [0.15, 0.2) is 0 Å². The van der Waals surface area contributed by atoms with Crippen LogP contribution in [0.2, 0.25) is 0 Å². The molecule has 0 unspecified atom stereocenters. The predicted molar refractivity (Wildman–Crippen MR) is 102 cm³/mol. The zero-order valence-corrected chi connectivity index (χ0v) is 14.8. The van der Waals surface area contributed by atoms with Crippen LogP contribution in [0.4, 0.5) is 17.5 Å². The van der Waals surface area contributed by atoms with Crippen molar-refractivity contribution in [1.82, 2.24) is 30.2 Å². The molecule has 9 nitrogen and oxygen atoms in total. The topological polar surface area (TPSA) is 100 Å². The minimum atomic E-state index is -0.0704. The highest BCUT2D eigenvalue weighted by Crippen LogP contribution is 2.22. The first-order valence-corrected chi connectivity index (χ1v) is 9.11. The van der Waals surface area contributed by atoms with E-state index < -0.39 is 0 Å². The Labute approximate surface area is 155 Å². The molecule has 0 radical (unpaired) electrons. The van der Waals surface area contributed by atoms with Crippen molar-refractivity contribution in [3.63, 3.8) is 0 Å². The number of hydrogen-bond donors (Lipinski definition) is 3. The SMILES string of the molecule is O=C1NCCn2c1cc1cnc(Nc3ccc(N4CCNCC4)cn3)nc12. The number of fused-ring (bicyclic) bond motifs is 3. The Morgan fingerprint density at radius 2 is 1.93 bits per heavy atom. The van der Waals surface area contributed by atoms with E-state index in [9.17, 15) is 4.79 Å². The highest BCUT2D eigenvalue weighted by molar-refractivity contribution is 5.98. The van der Waals surface area contributed by atoms with Gasteiger partial charge in [-0.3, -0.25) is 4.79 Å². The van der Waals surface area contributed by atoms with Gasteiger partial charge in [-0.2, -0.15) is 4.98 Å². The Morgan fingerprint density at radius 1 is 1.04 bits per heavy atom. The van der Waals surface area contributed by atoms with Crippen molar-refractivity contribution < 1.29 is 4.79 Å². The molecule has 27 heavy (non-hydrogen) atoms. The minimum Gasteiger partial charge on any atom is -0.368 e. The van der Waals surface area contributed by atoms with Gasteiger partial charge in [-0.05, 0) is 18.2 Å². The number of hydrogen-bond acceptors (Lipinski definition) is 7. The van der Waals surface area contributed by atoms with Gasteiger partial charge in [0, 0.05) is 50.9 Å². The van der Waals surface area contributed by atoms with Gasteiger partial charge in [0.05, 0.1) is 11.9 Å². The van der Waals surface area contributed by atoms with Crippen molar-refractivity contribution in [2.75, 3.05) is 42.9 Å². The molecule has 3 N–H and O–H groups in total. The number of amides is 1. The van der Waals surface area contributed by atoms with Gasteiger partial charge < -0.3 is 25.4 Å². The third kappa shape index (κ3) is 2.95. The summed E-state index contributed by atoms with van der Waals surface area (Å²) in [6.07, 6.45) is 3.61. The van der Waals surface area contributed by atoms with Crippen molar-refractivity contribution in [2.45, 2.75) is 6.54 Å². The van der Waals surface area contributed by atoms with Crippen molar-refractivity contribution in [3.05, 3.63) is 36.3 Å². The van der Waals surface area contributed by atoms with E-state index in [-0.39, 0.29) is 5.91 Å². The van der Waals surface area contributed by atoms with Crippen molar-refractivity contribution in [1.29, 1.82) is 0 Å². The highest BCUT2D eigenvalue weighted by atomic mass is 16.2. The van der Waals surface area contributed by atoms with Crippen molar-refractivity contribution >= 4 is 34.4 Å². The van der Waals surface area contributed by atoms with E-state index in [1.165, 1.54) is 0 Å². The molecule has 0 aliphatic carbocycles. The molecule has 138 valence electrons. The summed E-state index contributed by atoms with van der Waals surface area (Å²) in [4.78, 5) is 27.7. The first kappa shape index (κ1) is 16.0. The maximum Gasteiger partial charge on any atom is 0.268 e. The average Bonchev–Trinajstić information content (AvgIpc) is 3.09. The molecule has 5 heterocycles. The summed E-state index contributed by atoms with van der Waals surface area (Å²) in [5.41, 5.74) is 2.50. The number of rotatable bonds is 3. The quantitative estimate of drug-likeness (QED) is 0.630. The first-order chi connectivity index (χ1) is 13.3. The van der Waals surface area contributed by atoms with E-state index in [1.807, 2.05) is 22.9 Å². The summed E-state index contributed by atoms with van der Waals surface area (Å²) in [5, 5.41) is 10.2. The van der Waals surface area contributed by atoms with Gasteiger partial charge >= 0.3 is 0 Å². The van der Waals surface area contributed by atoms with Crippen LogP contribution in [0.3, 0.4) is 0 Å². The number of nitrogens with zero attached hydrogens (tertiary/aromatic N) is 5. The maximum absolute atomic E-state index is 12.0. The largest absolute Gasteiger partial charge is 0.368 e. The summed E-state index contributed by atoms with van der Waals surface area (Å²) in [6.45, 7) is 5.28. The molecule has 0 saturated carbocycles. The highest BCUT2D eigenvalue weighted by Gasteiger charge is 2.20. The summed E-state index contributed by atoms with van der Waals surface area (Å²) in [6, 6.07) is 5.82. The van der Waals surface area contributed by atoms with Crippen LogP contribution in [0, 0.1) is 0 Å². The van der Waals surface area contributed by atoms with E-state index in [2.05, 4.69) is 41.9 Å². The lowest BCUT2D eigenvalue weighted by atomic mass is 10.3. The van der Waals surface area contributed by atoms with Crippen LogP contribution in [0.15, 0.2) is 30.6 Å². The Bertz CT molecular complexity index is 991. The fraction of sp³-hybridized carbons (Fsp3) is 0.333. The van der Waals surface area contributed by atoms with Crippen molar-refractivity contribution in [3.8, 4) is 0 Å². The lowest BCUT2D eigenvalue weighted by molar-refractivity contribution is 0.0929. The Balaban J connectivity index is 1.38. The van der Waals surface area contributed by atoms with E-state index in [4.69, 9.17) is 0 Å². The molecule has 1 saturated heterocycles. The molecule has 5 rings (SSSR count). The molecule has 1 fully saturated rings. The smallest absolute Gasteiger partial charge is 0.268 e. The predicted octanol–water partition coefficient (Wildman–Crippen LogP) is 0.723. The van der Waals surface area contributed by atoms with Crippen molar-refractivity contribution in [2.24, 2.45) is 0 Å². The van der Waals surface area contributed by atoms with Gasteiger partial charge in [-0.15, -0.1) is 0 Å². The normalized spacial score (nSPS) is 16.9. The number of anilines is 3. The molecule has 0 aromatic carbocycles. The fourth-order valence-corrected chi connectivity index (χ4v) is 3.57. The van der Waals surface area contributed by atoms with Gasteiger partial charge in [0.1, 0.15) is 17.2 Å². The van der Waals surface area contributed by atoms with E-state index in [0.717, 1.165) is 42.9 Å². The standard InChI is InChI=1S/C18H20N8O/c27-17-14-9-12-10-22-18(24-16(12)26(14)8-5-20-17)23-15-2-1-13(11-21-15)25-6-3-19-4-7-25/h1-2,9-11,19H,3-8H2,(H,20,27)(H,21,22,23,24). The number of pyridine rings is 1. The van der Waals surface area contributed by atoms with Crippen LogP contribution < -0.4 is 20.9 Å². The number of carbonyl (C=O) groups is 1. The number of piperazine rings is 1. The molecular formula is C18H20N8O. The number of carbonyl (C=O) groups excluding carboxylic acids is 1. The number of aromatic nitrogens is 4. The molecule has 0 bridgehead atoms. The molecule has 0 spiro atoms. The van der Waals surface area contributed by atoms with Crippen LogP contribution in [0.1, 0.15) is 10.5 Å². The van der Waals surface area contributed by atoms with Gasteiger partial charge in [-0.25, -0.2) is 9.97 Å². The zero-order chi connectivity index (χ0) is 18.2. The summed E-state index contributed by atoms with van der Waals surface area (Å²) < 4.78 is 1.93. The summed E-state index contributed by atoms with van der Waals surface area (Å²) in [5.74, 6) is 1.09. The van der Waals surface area contributed by atoms with Crippen LogP contribution in [0.5, 0.6) is 0 Å². The van der Waals surface area contributed by atoms with Crippen LogP contribution >= 0.6 is 0 Å². The van der Waals surface area contributed by atoms with E-state index in [0.29, 0.717) is 30.5 Å². The Hall–Kier alpha value is -3.20. The van der Waals surface area contributed by atoms with Gasteiger partial charge in [-0.1, -0.05) is 0 Å². The monoisotopic (exact) mass is 364 g/mol. The third-order valence-electron chi connectivity index (χ3n) is 4.96. The number of nitrogens with one attached hydrogen (secondary N) is 3. The first-order valence-electron chi connectivity index (χ1n) is 9.11. The van der Waals surface area contributed by atoms with Gasteiger partial charge in [0.2, 0.25) is 5.95 Å². The average molecular weight is 364 g/mol. The second-order valence-electron chi connectivity index (χ2n) is 6.67. The molecule has 1 amide bonds. The second kappa shape index (κ2) is 6.51. The Kier molecular flexibility index (Phi) is 3.86. The van der Waals surface area contributed by atoms with Crippen LogP contribution in [0.25, 0.3) is 11.0 Å². The Morgan fingerprint density at radius 3 is 2.74 bits per heavy atom.